The lowest BCUT2D eigenvalue weighted by Crippen LogP contribution is -2.34. The number of amides is 1. The molecular formula is C15H16BrN3O2. The second-order valence-electron chi connectivity index (χ2n) is 4.86. The van der Waals surface area contributed by atoms with Crippen LogP contribution in [0, 0.1) is 13.8 Å². The Balaban J connectivity index is 2.24. The van der Waals surface area contributed by atoms with Crippen molar-refractivity contribution in [2.24, 2.45) is 0 Å². The van der Waals surface area contributed by atoms with Gasteiger partial charge in [-0.25, -0.2) is 4.79 Å². The highest BCUT2D eigenvalue weighted by Crippen LogP contribution is 2.16. The van der Waals surface area contributed by atoms with Crippen LogP contribution in [0.4, 0.5) is 5.69 Å². The first-order valence-electron chi connectivity index (χ1n) is 6.51. The van der Waals surface area contributed by atoms with Crippen LogP contribution < -0.4 is 11.0 Å². The number of aromatic nitrogens is 2. The fraction of sp³-hybridized carbons (Fsp3) is 0.267. The number of benzene rings is 1. The molecule has 2 aromatic rings. The Labute approximate surface area is 131 Å². The summed E-state index contributed by atoms with van der Waals surface area (Å²) in [7, 11) is 0. The topological polar surface area (TPSA) is 64.0 Å². The fourth-order valence-electron chi connectivity index (χ4n) is 2.13. The molecule has 1 aromatic carbocycles. The molecule has 1 atom stereocenters. The first kappa shape index (κ1) is 15.4. The van der Waals surface area contributed by atoms with Crippen molar-refractivity contribution in [1.29, 1.82) is 0 Å². The first-order chi connectivity index (χ1) is 9.88. The normalized spacial score (nSPS) is 12.0. The van der Waals surface area contributed by atoms with E-state index in [9.17, 15) is 9.59 Å². The Bertz CT molecular complexity index is 723. The first-order valence-corrected chi connectivity index (χ1v) is 7.31. The maximum atomic E-state index is 12.3. The van der Waals surface area contributed by atoms with Gasteiger partial charge in [-0.15, -0.1) is 0 Å². The van der Waals surface area contributed by atoms with E-state index in [0.29, 0.717) is 17.1 Å². The van der Waals surface area contributed by atoms with Crippen molar-refractivity contribution in [3.05, 3.63) is 56.7 Å². The highest BCUT2D eigenvalue weighted by atomic mass is 79.9. The number of carbonyl (C=O) groups excluding carboxylic acids is 1. The Morgan fingerprint density at radius 1 is 1.29 bits per heavy atom. The van der Waals surface area contributed by atoms with Crippen LogP contribution >= 0.6 is 15.9 Å². The predicted octanol–water partition coefficient (Wildman–Crippen LogP) is 2.82. The molecule has 0 saturated carbocycles. The molecule has 1 aromatic heterocycles. The summed E-state index contributed by atoms with van der Waals surface area (Å²) in [6, 6.07) is 8.41. The van der Waals surface area contributed by atoms with E-state index in [0.717, 1.165) is 4.47 Å². The van der Waals surface area contributed by atoms with Gasteiger partial charge in [0, 0.05) is 21.5 Å². The lowest BCUT2D eigenvalue weighted by Gasteiger charge is -2.17. The number of aryl methyl sites for hydroxylation is 2. The number of nitrogens with zero attached hydrogens (tertiary/aromatic N) is 2. The number of nitrogens with one attached hydrogen (secondary N) is 1. The molecule has 0 radical (unpaired) electrons. The Morgan fingerprint density at radius 3 is 2.48 bits per heavy atom. The zero-order valence-corrected chi connectivity index (χ0v) is 13.6. The van der Waals surface area contributed by atoms with Crippen molar-refractivity contribution in [3.63, 3.8) is 0 Å². The predicted molar refractivity (Wildman–Crippen MR) is 85.5 cm³/mol. The summed E-state index contributed by atoms with van der Waals surface area (Å²) in [6.07, 6.45) is 0. The quantitative estimate of drug-likeness (QED) is 0.926. The van der Waals surface area contributed by atoms with Crippen molar-refractivity contribution < 1.29 is 4.79 Å². The van der Waals surface area contributed by atoms with Crippen LogP contribution in [0.15, 0.2) is 39.6 Å². The number of anilines is 1. The van der Waals surface area contributed by atoms with Gasteiger partial charge >= 0.3 is 5.69 Å². The third-order valence-electron chi connectivity index (χ3n) is 3.15. The van der Waals surface area contributed by atoms with Gasteiger partial charge in [-0.3, -0.25) is 9.36 Å². The molecular weight excluding hydrogens is 334 g/mol. The second kappa shape index (κ2) is 6.22. The van der Waals surface area contributed by atoms with Crippen LogP contribution in [0.2, 0.25) is 0 Å². The van der Waals surface area contributed by atoms with Gasteiger partial charge in [-0.05, 0) is 51.1 Å². The van der Waals surface area contributed by atoms with Crippen molar-refractivity contribution in [2.45, 2.75) is 26.8 Å². The molecule has 21 heavy (non-hydrogen) atoms. The average molecular weight is 350 g/mol. The van der Waals surface area contributed by atoms with Crippen LogP contribution in [0.5, 0.6) is 0 Å². The lowest BCUT2D eigenvalue weighted by molar-refractivity contribution is -0.118. The molecule has 1 amide bonds. The maximum absolute atomic E-state index is 12.3. The summed E-state index contributed by atoms with van der Waals surface area (Å²) in [5, 5.41) is 2.79. The van der Waals surface area contributed by atoms with E-state index < -0.39 is 11.7 Å². The highest BCUT2D eigenvalue weighted by molar-refractivity contribution is 9.10. The van der Waals surface area contributed by atoms with E-state index in [2.05, 4.69) is 26.2 Å². The molecule has 2 rings (SSSR count). The third kappa shape index (κ3) is 3.58. The summed E-state index contributed by atoms with van der Waals surface area (Å²) in [6.45, 7) is 5.23. The van der Waals surface area contributed by atoms with Gasteiger partial charge < -0.3 is 5.32 Å². The van der Waals surface area contributed by atoms with Crippen LogP contribution in [0.25, 0.3) is 0 Å². The van der Waals surface area contributed by atoms with Crippen LogP contribution in [0.3, 0.4) is 0 Å². The molecule has 0 aliphatic rings. The molecule has 0 fully saturated rings. The summed E-state index contributed by atoms with van der Waals surface area (Å²) in [5.74, 6) is -0.256. The SMILES string of the molecule is Cc1cc(C)n(C(C)C(=O)Nc2ccc(Br)cc2)c(=O)n1. The van der Waals surface area contributed by atoms with E-state index >= 15 is 0 Å². The summed E-state index contributed by atoms with van der Waals surface area (Å²) in [4.78, 5) is 28.1. The van der Waals surface area contributed by atoms with Crippen LogP contribution in [-0.4, -0.2) is 15.5 Å². The van der Waals surface area contributed by atoms with Crippen molar-refractivity contribution in [2.75, 3.05) is 5.32 Å². The van der Waals surface area contributed by atoms with E-state index in [4.69, 9.17) is 0 Å². The van der Waals surface area contributed by atoms with E-state index in [-0.39, 0.29) is 5.91 Å². The molecule has 110 valence electrons. The molecule has 1 N–H and O–H groups in total. The van der Waals surface area contributed by atoms with Gasteiger partial charge in [0.25, 0.3) is 0 Å². The number of rotatable bonds is 3. The van der Waals surface area contributed by atoms with Crippen LogP contribution in [0.1, 0.15) is 24.4 Å². The van der Waals surface area contributed by atoms with Crippen molar-refractivity contribution in [3.8, 4) is 0 Å². The second-order valence-corrected chi connectivity index (χ2v) is 5.78. The fourth-order valence-corrected chi connectivity index (χ4v) is 2.39. The molecule has 1 heterocycles. The molecule has 0 spiro atoms. The van der Waals surface area contributed by atoms with Crippen molar-refractivity contribution in [1.82, 2.24) is 9.55 Å². The van der Waals surface area contributed by atoms with Crippen LogP contribution in [-0.2, 0) is 4.79 Å². The Morgan fingerprint density at radius 2 is 1.90 bits per heavy atom. The van der Waals surface area contributed by atoms with Gasteiger partial charge in [0.1, 0.15) is 6.04 Å². The van der Waals surface area contributed by atoms with E-state index in [1.165, 1.54) is 4.57 Å². The Hall–Kier alpha value is -1.95. The minimum Gasteiger partial charge on any atom is -0.324 e. The summed E-state index contributed by atoms with van der Waals surface area (Å²) >= 11 is 3.34. The summed E-state index contributed by atoms with van der Waals surface area (Å²) in [5.41, 5.74) is 1.63. The Kier molecular flexibility index (Phi) is 4.57. The molecule has 6 heteroatoms. The zero-order chi connectivity index (χ0) is 15.6. The monoisotopic (exact) mass is 349 g/mol. The van der Waals surface area contributed by atoms with E-state index in [1.807, 2.05) is 12.1 Å². The smallest absolute Gasteiger partial charge is 0.324 e. The molecule has 1 unspecified atom stereocenters. The number of hydrogen-bond acceptors (Lipinski definition) is 3. The standard InChI is InChI=1S/C15H16BrN3O2/c1-9-8-10(2)19(15(21)17-9)11(3)14(20)18-13-6-4-12(16)5-7-13/h4-8,11H,1-3H3,(H,18,20). The maximum Gasteiger partial charge on any atom is 0.348 e. The lowest BCUT2D eigenvalue weighted by atomic mass is 10.2. The average Bonchev–Trinajstić information content (AvgIpc) is 2.40. The third-order valence-corrected chi connectivity index (χ3v) is 3.68. The van der Waals surface area contributed by atoms with Gasteiger partial charge in [0.15, 0.2) is 0 Å². The molecule has 5 nitrogen and oxygen atoms in total. The number of halogens is 1. The van der Waals surface area contributed by atoms with E-state index in [1.54, 1.807) is 39.0 Å². The van der Waals surface area contributed by atoms with Crippen molar-refractivity contribution >= 4 is 27.5 Å². The number of hydrogen-bond donors (Lipinski definition) is 1. The minimum absolute atomic E-state index is 0.256. The molecule has 0 saturated heterocycles. The minimum atomic E-state index is -0.630. The number of carbonyl (C=O) groups is 1. The molecule has 0 aliphatic heterocycles. The molecule has 0 bridgehead atoms. The molecule has 0 aliphatic carbocycles. The largest absolute Gasteiger partial charge is 0.348 e. The van der Waals surface area contributed by atoms with Gasteiger partial charge in [0.05, 0.1) is 0 Å². The van der Waals surface area contributed by atoms with Gasteiger partial charge in [0.2, 0.25) is 5.91 Å². The van der Waals surface area contributed by atoms with Gasteiger partial charge in [-0.1, -0.05) is 15.9 Å². The zero-order valence-electron chi connectivity index (χ0n) is 12.1. The summed E-state index contributed by atoms with van der Waals surface area (Å²) < 4.78 is 2.32. The highest BCUT2D eigenvalue weighted by Gasteiger charge is 2.18. The van der Waals surface area contributed by atoms with Gasteiger partial charge in [-0.2, -0.15) is 4.98 Å².